The molecule has 2 aromatic carbocycles. The van der Waals surface area contributed by atoms with Crippen molar-refractivity contribution in [2.24, 2.45) is 0 Å². The van der Waals surface area contributed by atoms with E-state index >= 15 is 0 Å². The molecule has 1 aromatic heterocycles. The molecule has 2 unspecified atom stereocenters. The third-order valence-electron chi connectivity index (χ3n) is 10.8. The largest absolute Gasteiger partial charge is 0.508 e. The predicted molar refractivity (Wildman–Crippen MR) is 166 cm³/mol. The lowest BCUT2D eigenvalue weighted by molar-refractivity contribution is 0.00517. The highest BCUT2D eigenvalue weighted by Gasteiger charge is 2.40. The number of aromatic nitrogens is 2. The van der Waals surface area contributed by atoms with Crippen LogP contribution in [0.15, 0.2) is 36.4 Å². The second-order valence-electron chi connectivity index (χ2n) is 13.4. The maximum Gasteiger partial charge on any atom is 0.140 e. The molecule has 0 saturated carbocycles. The summed E-state index contributed by atoms with van der Waals surface area (Å²) in [6, 6.07) is 11.7. The topological polar surface area (TPSA) is 64.5 Å². The minimum absolute atomic E-state index is 0.345. The highest BCUT2D eigenvalue weighted by Crippen LogP contribution is 2.41. The number of phenols is 1. The summed E-state index contributed by atoms with van der Waals surface area (Å²) in [4.78, 5) is 16.0. The fourth-order valence-corrected chi connectivity index (χ4v) is 8.72. The van der Waals surface area contributed by atoms with E-state index in [1.807, 2.05) is 12.1 Å². The molecule has 3 aromatic rings. The molecule has 214 valence electrons. The molecule has 0 spiro atoms. The molecule has 0 radical (unpaired) electrons. The van der Waals surface area contributed by atoms with Gasteiger partial charge in [0.05, 0.1) is 5.52 Å². The standard InChI is InChI=1S/C35H43N5O/c41-28-19-24-7-1-2-8-29(24)31(21-28)25-9-12-30-32(20-25)37-33(38-34(30)39-22-26-10-11-27(23-39)36-26)13-16-35-14-3-5-17-40(35)18-6-4-15-35/h2,8-9,12,19-21,26-27,36,41H,1,3-7,10-11,13-18,22-23H2. The third-order valence-corrected chi connectivity index (χ3v) is 10.8. The zero-order valence-corrected chi connectivity index (χ0v) is 24.2. The van der Waals surface area contributed by atoms with Gasteiger partial charge in [0.2, 0.25) is 0 Å². The van der Waals surface area contributed by atoms with Crippen LogP contribution in [0.4, 0.5) is 5.82 Å². The SMILES string of the molecule is Oc1cc2c(c(-c3ccc4c(N5CC6CCC(C5)N6)nc(CCC56CCCCN5CCCC6)nc4c3)c1)C=CCC2. The van der Waals surface area contributed by atoms with Gasteiger partial charge in [0.25, 0.3) is 0 Å². The van der Waals surface area contributed by atoms with E-state index in [0.717, 1.165) is 72.4 Å². The molecule has 6 heteroatoms. The first-order chi connectivity index (χ1) is 20.1. The van der Waals surface area contributed by atoms with Crippen LogP contribution in [0.5, 0.6) is 5.75 Å². The van der Waals surface area contributed by atoms with Crippen LogP contribution in [0, 0.1) is 0 Å². The van der Waals surface area contributed by atoms with Crippen molar-refractivity contribution >= 4 is 22.8 Å². The van der Waals surface area contributed by atoms with Crippen LogP contribution >= 0.6 is 0 Å². The minimum Gasteiger partial charge on any atom is -0.508 e. The van der Waals surface area contributed by atoms with Crippen LogP contribution in [-0.2, 0) is 12.8 Å². The lowest BCUT2D eigenvalue weighted by atomic mass is 9.76. The van der Waals surface area contributed by atoms with Crippen molar-refractivity contribution in [3.8, 4) is 16.9 Å². The molecule has 2 N–H and O–H groups in total. The highest BCUT2D eigenvalue weighted by atomic mass is 16.3. The molecule has 1 aliphatic carbocycles. The van der Waals surface area contributed by atoms with Gasteiger partial charge in [-0.25, -0.2) is 9.97 Å². The molecule has 0 amide bonds. The number of hydrogen-bond acceptors (Lipinski definition) is 6. The molecule has 5 heterocycles. The van der Waals surface area contributed by atoms with E-state index in [1.54, 1.807) is 0 Å². The number of piperazine rings is 1. The second-order valence-corrected chi connectivity index (χ2v) is 13.4. The Balaban J connectivity index is 1.19. The molecule has 8 rings (SSSR count). The Morgan fingerprint density at radius 3 is 2.56 bits per heavy atom. The van der Waals surface area contributed by atoms with Gasteiger partial charge in [-0.15, -0.1) is 0 Å². The molecule has 5 aliphatic rings. The first-order valence-electron chi connectivity index (χ1n) is 16.2. The van der Waals surface area contributed by atoms with Crippen molar-refractivity contribution in [1.82, 2.24) is 20.2 Å². The lowest BCUT2D eigenvalue weighted by Crippen LogP contribution is -2.54. The predicted octanol–water partition coefficient (Wildman–Crippen LogP) is 6.24. The molecule has 4 fully saturated rings. The quantitative estimate of drug-likeness (QED) is 0.393. The summed E-state index contributed by atoms with van der Waals surface area (Å²) in [5.74, 6) is 2.46. The normalized spacial score (nSPS) is 25.3. The summed E-state index contributed by atoms with van der Waals surface area (Å²) in [6.07, 6.45) is 19.2. The van der Waals surface area contributed by atoms with Crippen LogP contribution < -0.4 is 10.2 Å². The summed E-state index contributed by atoms with van der Waals surface area (Å²) >= 11 is 0. The molecule has 41 heavy (non-hydrogen) atoms. The Kier molecular flexibility index (Phi) is 6.52. The van der Waals surface area contributed by atoms with Gasteiger partial charge >= 0.3 is 0 Å². The fraction of sp³-hybridized carbons (Fsp3) is 0.543. The second kappa shape index (κ2) is 10.4. The number of allylic oxidation sites excluding steroid dienone is 1. The Hall–Kier alpha value is -2.96. The van der Waals surface area contributed by atoms with Crippen LogP contribution in [0.25, 0.3) is 28.1 Å². The number of fused-ring (bicyclic) bond motifs is 5. The summed E-state index contributed by atoms with van der Waals surface area (Å²) in [6.45, 7) is 4.57. The van der Waals surface area contributed by atoms with Gasteiger partial charge in [0.15, 0.2) is 0 Å². The zero-order valence-electron chi connectivity index (χ0n) is 24.2. The Bertz CT molecular complexity index is 1470. The Morgan fingerprint density at radius 2 is 1.76 bits per heavy atom. The van der Waals surface area contributed by atoms with Gasteiger partial charge in [0.1, 0.15) is 17.4 Å². The number of nitrogens with zero attached hydrogens (tertiary/aromatic N) is 4. The van der Waals surface area contributed by atoms with Crippen LogP contribution in [-0.4, -0.2) is 63.8 Å². The molecule has 4 saturated heterocycles. The number of nitrogens with one attached hydrogen (secondary N) is 1. The summed E-state index contributed by atoms with van der Waals surface area (Å²) in [5.41, 5.74) is 6.06. The number of aromatic hydroxyl groups is 1. The smallest absolute Gasteiger partial charge is 0.140 e. The van der Waals surface area contributed by atoms with Gasteiger partial charge < -0.3 is 15.3 Å². The molecule has 2 bridgehead atoms. The van der Waals surface area contributed by atoms with Crippen LogP contribution in [0.2, 0.25) is 0 Å². The Morgan fingerprint density at radius 1 is 0.951 bits per heavy atom. The highest BCUT2D eigenvalue weighted by molar-refractivity contribution is 5.94. The Labute approximate surface area is 243 Å². The van der Waals surface area contributed by atoms with Crippen LogP contribution in [0.1, 0.15) is 81.2 Å². The van der Waals surface area contributed by atoms with Crippen molar-refractivity contribution in [2.45, 2.75) is 94.7 Å². The van der Waals surface area contributed by atoms with Crippen molar-refractivity contribution in [3.63, 3.8) is 0 Å². The molecule has 2 atom stereocenters. The van der Waals surface area contributed by atoms with E-state index in [9.17, 15) is 5.11 Å². The van der Waals surface area contributed by atoms with Gasteiger partial charge in [-0.1, -0.05) is 31.1 Å². The van der Waals surface area contributed by atoms with Crippen LogP contribution in [0.3, 0.4) is 0 Å². The molecule has 4 aliphatic heterocycles. The summed E-state index contributed by atoms with van der Waals surface area (Å²) in [5, 5.41) is 15.5. The van der Waals surface area contributed by atoms with Crippen molar-refractivity contribution in [1.29, 1.82) is 0 Å². The molecular weight excluding hydrogens is 506 g/mol. The van der Waals surface area contributed by atoms with E-state index in [0.29, 0.717) is 23.4 Å². The lowest BCUT2D eigenvalue weighted by Gasteiger charge is -2.50. The van der Waals surface area contributed by atoms with E-state index in [1.165, 1.54) is 75.6 Å². The number of hydrogen-bond donors (Lipinski definition) is 2. The maximum absolute atomic E-state index is 10.6. The average Bonchev–Trinajstić information content (AvgIpc) is 3.35. The van der Waals surface area contributed by atoms with Gasteiger partial charge in [-0.3, -0.25) is 4.90 Å². The number of phenolic OH excluding ortho intramolecular Hbond substituents is 1. The van der Waals surface area contributed by atoms with Crippen molar-refractivity contribution in [2.75, 3.05) is 31.1 Å². The zero-order chi connectivity index (χ0) is 27.4. The summed E-state index contributed by atoms with van der Waals surface area (Å²) < 4.78 is 0. The van der Waals surface area contributed by atoms with Gasteiger partial charge in [-0.2, -0.15) is 0 Å². The first kappa shape index (κ1) is 25.7. The molecular formula is C35H43N5O. The number of benzene rings is 2. The van der Waals surface area contributed by atoms with Gasteiger partial charge in [-0.05, 0) is 117 Å². The number of piperidine rings is 2. The number of rotatable bonds is 5. The van der Waals surface area contributed by atoms with E-state index < -0.39 is 0 Å². The first-order valence-corrected chi connectivity index (χ1v) is 16.2. The van der Waals surface area contributed by atoms with E-state index in [2.05, 4.69) is 45.5 Å². The fourth-order valence-electron chi connectivity index (χ4n) is 8.72. The number of aryl methyl sites for hydroxylation is 2. The van der Waals surface area contributed by atoms with E-state index in [4.69, 9.17) is 9.97 Å². The average molecular weight is 550 g/mol. The monoisotopic (exact) mass is 549 g/mol. The maximum atomic E-state index is 10.6. The molecule has 6 nitrogen and oxygen atoms in total. The minimum atomic E-state index is 0.345. The van der Waals surface area contributed by atoms with Crippen molar-refractivity contribution < 1.29 is 5.11 Å². The van der Waals surface area contributed by atoms with E-state index in [-0.39, 0.29) is 0 Å². The van der Waals surface area contributed by atoms with Gasteiger partial charge in [0, 0.05) is 42.5 Å². The van der Waals surface area contributed by atoms with Crippen molar-refractivity contribution in [3.05, 3.63) is 53.4 Å². The third kappa shape index (κ3) is 4.73. The summed E-state index contributed by atoms with van der Waals surface area (Å²) in [7, 11) is 0. The number of anilines is 1.